The monoisotopic (exact) mass is 567 g/mol. The van der Waals surface area contributed by atoms with E-state index in [2.05, 4.69) is 25.7 Å². The Balaban J connectivity index is 1.34. The average molecular weight is 568 g/mol. The van der Waals surface area contributed by atoms with Crippen LogP contribution < -0.4 is 24.8 Å². The molecule has 13 heteroatoms. The lowest BCUT2D eigenvalue weighted by Gasteiger charge is -2.11. The topological polar surface area (TPSA) is 105 Å². The molecule has 2 aromatic heterocycles. The quantitative estimate of drug-likeness (QED) is 0.163. The number of aromatic nitrogens is 4. The highest BCUT2D eigenvalue weighted by molar-refractivity contribution is 7.99. The number of hydrogen-bond acceptors (Lipinski definition) is 6. The lowest BCUT2D eigenvalue weighted by Crippen LogP contribution is -2.40. The summed E-state index contributed by atoms with van der Waals surface area (Å²) in [7, 11) is 3.08. The molecule has 0 aliphatic heterocycles. The van der Waals surface area contributed by atoms with Gasteiger partial charge in [-0.25, -0.2) is 14.8 Å². The predicted octanol–water partition coefficient (Wildman–Crippen LogP) is 6.07. The third-order valence-corrected chi connectivity index (χ3v) is 6.73. The number of carbonyl (C=O) groups is 1. The average Bonchev–Trinajstić information content (AvgIpc) is 3.37. The van der Waals surface area contributed by atoms with Crippen molar-refractivity contribution in [1.29, 1.82) is 0 Å². The van der Waals surface area contributed by atoms with Gasteiger partial charge in [0.15, 0.2) is 17.3 Å². The first-order chi connectivity index (χ1) is 19.2. The van der Waals surface area contributed by atoms with Crippen molar-refractivity contribution in [3.05, 3.63) is 84.8 Å². The van der Waals surface area contributed by atoms with Crippen molar-refractivity contribution in [2.45, 2.75) is 16.1 Å². The van der Waals surface area contributed by atoms with E-state index in [1.165, 1.54) is 30.2 Å². The molecule has 2 heterocycles. The highest BCUT2D eigenvalue weighted by Crippen LogP contribution is 2.37. The Labute approximate surface area is 230 Å². The highest BCUT2D eigenvalue weighted by atomic mass is 32.2. The fourth-order valence-electron chi connectivity index (χ4n) is 3.94. The number of amides is 2. The summed E-state index contributed by atoms with van der Waals surface area (Å²) in [6.07, 6.45) is -3.20. The number of urea groups is 1. The number of methoxy groups -OCH3 is 2. The number of benzene rings is 3. The largest absolute Gasteiger partial charge is 0.493 e. The van der Waals surface area contributed by atoms with Crippen LogP contribution in [0.1, 0.15) is 5.69 Å². The molecule has 0 bridgehead atoms. The van der Waals surface area contributed by atoms with Gasteiger partial charge in [0.25, 0.3) is 0 Å². The normalized spacial score (nSPS) is 11.3. The summed E-state index contributed by atoms with van der Waals surface area (Å²) < 4.78 is 52.5. The van der Waals surface area contributed by atoms with Crippen LogP contribution in [0.4, 0.5) is 29.5 Å². The summed E-state index contributed by atoms with van der Waals surface area (Å²) in [6.45, 7) is 0. The molecule has 204 valence electrons. The lowest BCUT2D eigenvalue weighted by atomic mass is 10.2. The number of aromatic amines is 1. The Kier molecular flexibility index (Phi) is 7.47. The molecule has 0 aliphatic rings. The second-order valence-electron chi connectivity index (χ2n) is 8.34. The first-order valence-electron chi connectivity index (χ1n) is 11.8. The smallest absolute Gasteiger partial charge is 0.480 e. The number of hydrogen-bond donors (Lipinski definition) is 3. The van der Waals surface area contributed by atoms with Crippen molar-refractivity contribution in [1.82, 2.24) is 15.1 Å². The van der Waals surface area contributed by atoms with Crippen LogP contribution in [0.2, 0.25) is 0 Å². The van der Waals surface area contributed by atoms with E-state index >= 15 is 0 Å². The summed E-state index contributed by atoms with van der Waals surface area (Å²) in [6, 6.07) is 18.6. The summed E-state index contributed by atoms with van der Waals surface area (Å²) in [5.74, 6) is 0.946. The van der Waals surface area contributed by atoms with Gasteiger partial charge in [0.05, 0.1) is 25.8 Å². The second kappa shape index (κ2) is 11.1. The minimum atomic E-state index is -4.64. The maximum absolute atomic E-state index is 13.6. The minimum Gasteiger partial charge on any atom is -0.493 e. The lowest BCUT2D eigenvalue weighted by molar-refractivity contribution is -0.674. The van der Waals surface area contributed by atoms with Crippen LogP contribution in [0.15, 0.2) is 89.0 Å². The Morgan fingerprint density at radius 3 is 2.40 bits per heavy atom. The zero-order valence-electron chi connectivity index (χ0n) is 21.1. The molecule has 0 spiro atoms. The summed E-state index contributed by atoms with van der Waals surface area (Å²) in [5.41, 5.74) is 0.402. The minimum absolute atomic E-state index is 0.129. The van der Waals surface area contributed by atoms with Crippen LogP contribution in [0, 0.1) is 0 Å². The molecule has 5 rings (SSSR count). The zero-order chi connectivity index (χ0) is 28.3. The van der Waals surface area contributed by atoms with E-state index in [1.807, 2.05) is 6.07 Å². The number of nitrogens with zero attached hydrogens (tertiary/aromatic N) is 3. The number of para-hydroxylation sites is 1. The van der Waals surface area contributed by atoms with E-state index in [4.69, 9.17) is 9.47 Å². The van der Waals surface area contributed by atoms with Crippen LogP contribution >= 0.6 is 11.8 Å². The molecule has 0 unspecified atom stereocenters. The van der Waals surface area contributed by atoms with Crippen LogP contribution in [0.25, 0.3) is 16.6 Å². The molecule has 0 fully saturated rings. The van der Waals surface area contributed by atoms with Gasteiger partial charge in [-0.1, -0.05) is 40.7 Å². The van der Waals surface area contributed by atoms with E-state index in [9.17, 15) is 18.0 Å². The number of anilines is 2. The van der Waals surface area contributed by atoms with Crippen molar-refractivity contribution in [3.8, 4) is 17.2 Å². The molecule has 0 aliphatic carbocycles. The predicted molar refractivity (Wildman–Crippen MR) is 143 cm³/mol. The Bertz CT molecular complexity index is 1680. The standard InChI is InChI=1S/C27H21F3N6O3S/c1-38-21-12-19-20(13-22(21)39-2)31-15-32-25(19)40-18-10-6-7-16(11-18)33-26(37)34-24-14-23(27(28,29)30)36(35-24)17-8-4-3-5-9-17/h3-15H,1-2H3,(H2,33,34,35,37)/p+1. The van der Waals surface area contributed by atoms with Crippen LogP contribution in [0.3, 0.4) is 0 Å². The van der Waals surface area contributed by atoms with Gasteiger partial charge in [-0.05, 0) is 24.3 Å². The fourth-order valence-corrected chi connectivity index (χ4v) is 4.87. The van der Waals surface area contributed by atoms with Crippen molar-refractivity contribution < 1.29 is 32.1 Å². The Morgan fingerprint density at radius 1 is 0.925 bits per heavy atom. The van der Waals surface area contributed by atoms with E-state index in [1.54, 1.807) is 62.8 Å². The number of halogens is 3. The van der Waals surface area contributed by atoms with Gasteiger partial charge < -0.3 is 14.8 Å². The fraction of sp³-hybridized carbons (Fsp3) is 0.111. The molecule has 9 nitrogen and oxygen atoms in total. The van der Waals surface area contributed by atoms with Crippen molar-refractivity contribution in [3.63, 3.8) is 0 Å². The molecule has 0 radical (unpaired) electrons. The number of alkyl halides is 3. The second-order valence-corrected chi connectivity index (χ2v) is 9.40. The third kappa shape index (κ3) is 5.78. The molecule has 40 heavy (non-hydrogen) atoms. The molecule has 0 saturated heterocycles. The first kappa shape index (κ1) is 26.8. The van der Waals surface area contributed by atoms with Crippen LogP contribution in [-0.2, 0) is 6.18 Å². The van der Waals surface area contributed by atoms with Gasteiger partial charge in [-0.3, -0.25) is 5.32 Å². The molecule has 2 amide bonds. The van der Waals surface area contributed by atoms with Gasteiger partial charge >= 0.3 is 17.9 Å². The van der Waals surface area contributed by atoms with E-state index < -0.39 is 17.9 Å². The molecule has 0 saturated carbocycles. The number of rotatable bonds is 7. The van der Waals surface area contributed by atoms with E-state index in [0.717, 1.165) is 21.0 Å². The van der Waals surface area contributed by atoms with Crippen molar-refractivity contribution in [2.24, 2.45) is 0 Å². The molecular formula is C27H22F3N6O3S+. The molecule has 3 aromatic carbocycles. The number of H-pyrrole nitrogens is 1. The van der Waals surface area contributed by atoms with E-state index in [-0.39, 0.29) is 11.5 Å². The number of carbonyl (C=O) groups excluding carboxylic acids is 1. The summed E-state index contributed by atoms with van der Waals surface area (Å²) >= 11 is 1.35. The number of fused-ring (bicyclic) bond motifs is 1. The van der Waals surface area contributed by atoms with E-state index in [0.29, 0.717) is 27.7 Å². The molecule has 5 aromatic rings. The van der Waals surface area contributed by atoms with Crippen molar-refractivity contribution >= 4 is 40.2 Å². The van der Waals surface area contributed by atoms with Crippen LogP contribution in [0.5, 0.6) is 11.5 Å². The maximum atomic E-state index is 13.6. The Hall–Kier alpha value is -4.78. The number of ether oxygens (including phenoxy) is 2. The van der Waals surface area contributed by atoms with Crippen molar-refractivity contribution in [2.75, 3.05) is 24.9 Å². The van der Waals surface area contributed by atoms with Crippen LogP contribution in [-0.4, -0.2) is 35.3 Å². The maximum Gasteiger partial charge on any atom is 0.480 e. The SMILES string of the molecule is COc1cc2ncnc(Sc3cccc(NC(=O)Nc4cc(C(F)(F)F)[n+](-c5ccccc5)[nH]4)c3)c2cc1OC. The van der Waals surface area contributed by atoms with Gasteiger partial charge in [0.2, 0.25) is 5.69 Å². The summed E-state index contributed by atoms with van der Waals surface area (Å²) in [4.78, 5) is 22.1. The highest BCUT2D eigenvalue weighted by Gasteiger charge is 2.44. The molecule has 3 N–H and O–H groups in total. The molecule has 0 atom stereocenters. The van der Waals surface area contributed by atoms with Gasteiger partial charge in [0.1, 0.15) is 11.4 Å². The third-order valence-electron chi connectivity index (χ3n) is 5.72. The van der Waals surface area contributed by atoms with Gasteiger partial charge in [0, 0.05) is 34.2 Å². The molecular weight excluding hydrogens is 545 g/mol. The first-order valence-corrected chi connectivity index (χ1v) is 12.6. The summed E-state index contributed by atoms with van der Waals surface area (Å²) in [5, 5.41) is 9.08. The number of nitrogens with one attached hydrogen (secondary N) is 3. The van der Waals surface area contributed by atoms with Gasteiger partial charge in [-0.15, -0.1) is 5.10 Å². The van der Waals surface area contributed by atoms with Gasteiger partial charge in [-0.2, -0.15) is 13.2 Å². The Morgan fingerprint density at radius 2 is 1.68 bits per heavy atom. The zero-order valence-corrected chi connectivity index (χ0v) is 21.9.